The Labute approximate surface area is 122 Å². The predicted molar refractivity (Wildman–Crippen MR) is 68.9 cm³/mol. The smallest absolute Gasteiger partial charge is 0.315 e. The molecule has 6 nitrogen and oxygen atoms in total. The number of aliphatic hydroxyl groups is 2. The van der Waals surface area contributed by atoms with Crippen LogP contribution in [0.15, 0.2) is 0 Å². The largest absolute Gasteiger partial charge is 0.464 e. The molecule has 0 amide bonds. The van der Waals surface area contributed by atoms with Crippen LogP contribution in [0, 0.1) is 16.2 Å². The quantitative estimate of drug-likeness (QED) is 0.618. The molecule has 2 aliphatic carbocycles. The monoisotopic (exact) mass is 296 g/mol. The van der Waals surface area contributed by atoms with Gasteiger partial charge in [0.1, 0.15) is 17.6 Å². The molecule has 4 unspecified atom stereocenters. The molecular weight excluding hydrogens is 276 g/mol. The van der Waals surface area contributed by atoms with E-state index >= 15 is 0 Å². The number of esters is 2. The second kappa shape index (κ2) is 3.13. The van der Waals surface area contributed by atoms with Crippen LogP contribution in [0.3, 0.4) is 0 Å². The minimum absolute atomic E-state index is 0.0559. The third-order valence-electron chi connectivity index (χ3n) is 7.32. The van der Waals surface area contributed by atoms with Gasteiger partial charge in [0.25, 0.3) is 0 Å². The highest BCUT2D eigenvalue weighted by Gasteiger charge is 2.92. The zero-order chi connectivity index (χ0) is 15.5. The van der Waals surface area contributed by atoms with Crippen LogP contribution >= 0.6 is 0 Å². The first kappa shape index (κ1) is 13.5. The molecule has 2 N–H and O–H groups in total. The zero-order valence-electron chi connectivity index (χ0n) is 12.4. The fourth-order valence-corrected chi connectivity index (χ4v) is 5.90. The van der Waals surface area contributed by atoms with Crippen LogP contribution in [0.5, 0.6) is 0 Å². The average molecular weight is 296 g/mol. The van der Waals surface area contributed by atoms with Gasteiger partial charge >= 0.3 is 11.9 Å². The van der Waals surface area contributed by atoms with E-state index in [1.165, 1.54) is 0 Å². The van der Waals surface area contributed by atoms with Gasteiger partial charge in [0.05, 0.1) is 29.0 Å². The first-order valence-corrected chi connectivity index (χ1v) is 7.39. The molecule has 0 radical (unpaired) electrons. The first-order chi connectivity index (χ1) is 9.59. The van der Waals surface area contributed by atoms with Gasteiger partial charge in [0.15, 0.2) is 0 Å². The van der Waals surface area contributed by atoms with Crippen LogP contribution in [0.4, 0.5) is 0 Å². The van der Waals surface area contributed by atoms with Crippen LogP contribution in [-0.4, -0.2) is 46.1 Å². The standard InChI is InChI=1S/C15H20O6/c1-11-7-20-10(18)13(11,3)9(17)14-6-8(16)21-15(11,14)5-4-12(14,2)19/h9,17,19H,4-7H2,1-3H3/t9-,11?,12-,13?,14?,15?/m0/s1. The summed E-state index contributed by atoms with van der Waals surface area (Å²) in [5.41, 5.74) is -5.43. The van der Waals surface area contributed by atoms with E-state index in [4.69, 9.17) is 9.47 Å². The number of hydrogen-bond acceptors (Lipinski definition) is 6. The van der Waals surface area contributed by atoms with Crippen molar-refractivity contribution in [2.45, 2.75) is 57.3 Å². The average Bonchev–Trinajstić information content (AvgIpc) is 2.96. The lowest BCUT2D eigenvalue weighted by Gasteiger charge is -2.44. The molecule has 21 heavy (non-hydrogen) atoms. The highest BCUT2D eigenvalue weighted by molar-refractivity contribution is 5.85. The van der Waals surface area contributed by atoms with Gasteiger partial charge in [-0.15, -0.1) is 0 Å². The molecule has 6 atom stereocenters. The molecule has 116 valence electrons. The lowest BCUT2D eigenvalue weighted by molar-refractivity contribution is -0.175. The number of ether oxygens (including phenoxy) is 2. The molecule has 4 aliphatic rings. The van der Waals surface area contributed by atoms with E-state index in [-0.39, 0.29) is 13.0 Å². The van der Waals surface area contributed by atoms with Crippen molar-refractivity contribution in [3.63, 3.8) is 0 Å². The molecule has 4 fully saturated rings. The van der Waals surface area contributed by atoms with Crippen LogP contribution in [0.25, 0.3) is 0 Å². The molecule has 6 heteroatoms. The van der Waals surface area contributed by atoms with Crippen LogP contribution in [-0.2, 0) is 19.1 Å². The van der Waals surface area contributed by atoms with Crippen molar-refractivity contribution >= 4 is 11.9 Å². The van der Waals surface area contributed by atoms with E-state index in [1.54, 1.807) is 13.8 Å². The number of hydrogen-bond donors (Lipinski definition) is 2. The second-order valence-electron chi connectivity index (χ2n) is 7.74. The summed E-state index contributed by atoms with van der Waals surface area (Å²) in [5.74, 6) is -0.893. The molecule has 4 rings (SSSR count). The number of carbonyl (C=O) groups is 2. The molecule has 2 heterocycles. The second-order valence-corrected chi connectivity index (χ2v) is 7.74. The van der Waals surface area contributed by atoms with Crippen molar-refractivity contribution in [2.75, 3.05) is 6.61 Å². The third-order valence-corrected chi connectivity index (χ3v) is 7.32. The maximum absolute atomic E-state index is 12.3. The zero-order valence-corrected chi connectivity index (χ0v) is 12.4. The Bertz CT molecular complexity index is 585. The van der Waals surface area contributed by atoms with Crippen LogP contribution in [0.1, 0.15) is 40.0 Å². The maximum Gasteiger partial charge on any atom is 0.315 e. The van der Waals surface area contributed by atoms with E-state index in [0.717, 1.165) is 0 Å². The van der Waals surface area contributed by atoms with Crippen LogP contribution < -0.4 is 0 Å². The summed E-state index contributed by atoms with van der Waals surface area (Å²) in [4.78, 5) is 24.4. The van der Waals surface area contributed by atoms with Gasteiger partial charge < -0.3 is 19.7 Å². The Hall–Kier alpha value is -1.14. The van der Waals surface area contributed by atoms with E-state index in [2.05, 4.69) is 0 Å². The van der Waals surface area contributed by atoms with Gasteiger partial charge in [0, 0.05) is 0 Å². The topological polar surface area (TPSA) is 93.1 Å². The highest BCUT2D eigenvalue weighted by atomic mass is 16.6. The number of cyclic esters (lactones) is 1. The van der Waals surface area contributed by atoms with Gasteiger partial charge in [-0.3, -0.25) is 9.59 Å². The van der Waals surface area contributed by atoms with Crippen molar-refractivity contribution in [2.24, 2.45) is 16.2 Å². The summed E-state index contributed by atoms with van der Waals surface area (Å²) < 4.78 is 11.0. The van der Waals surface area contributed by atoms with Crippen molar-refractivity contribution < 1.29 is 29.3 Å². The van der Waals surface area contributed by atoms with Crippen molar-refractivity contribution in [3.05, 3.63) is 0 Å². The first-order valence-electron chi connectivity index (χ1n) is 7.39. The summed E-state index contributed by atoms with van der Waals surface area (Å²) in [6, 6.07) is 0. The summed E-state index contributed by atoms with van der Waals surface area (Å²) in [7, 11) is 0. The summed E-state index contributed by atoms with van der Waals surface area (Å²) >= 11 is 0. The number of rotatable bonds is 0. The van der Waals surface area contributed by atoms with E-state index in [9.17, 15) is 19.8 Å². The molecule has 0 spiro atoms. The van der Waals surface area contributed by atoms with Gasteiger partial charge in [-0.25, -0.2) is 0 Å². The van der Waals surface area contributed by atoms with Crippen LogP contribution in [0.2, 0.25) is 0 Å². The fraction of sp³-hybridized carbons (Fsp3) is 0.867. The van der Waals surface area contributed by atoms with E-state index in [0.29, 0.717) is 12.8 Å². The highest BCUT2D eigenvalue weighted by Crippen LogP contribution is 2.80. The van der Waals surface area contributed by atoms with Crippen molar-refractivity contribution in [3.8, 4) is 0 Å². The lowest BCUT2D eigenvalue weighted by Crippen LogP contribution is -2.57. The number of carbonyl (C=O) groups excluding carboxylic acids is 2. The minimum Gasteiger partial charge on any atom is -0.464 e. The lowest BCUT2D eigenvalue weighted by atomic mass is 9.62. The Balaban J connectivity index is 2.06. The van der Waals surface area contributed by atoms with E-state index in [1.807, 2.05) is 6.92 Å². The van der Waals surface area contributed by atoms with Crippen molar-refractivity contribution in [1.29, 1.82) is 0 Å². The Morgan fingerprint density at radius 3 is 2.52 bits per heavy atom. The molecule has 0 aromatic heterocycles. The van der Waals surface area contributed by atoms with Gasteiger partial charge in [0.2, 0.25) is 0 Å². The Kier molecular flexibility index (Phi) is 2.01. The predicted octanol–water partition coefficient (Wildman–Crippen LogP) is 0.147. The summed E-state index contributed by atoms with van der Waals surface area (Å²) in [6.45, 7) is 5.25. The normalized spacial score (nSPS) is 61.3. The SMILES string of the molecule is CC12C(=O)OCC1(C)C13CC[C@](C)(O)C1(CC(=O)O3)[C@H]2O. The Morgan fingerprint density at radius 2 is 1.86 bits per heavy atom. The molecule has 0 bridgehead atoms. The number of fused-ring (bicyclic) bond motifs is 1. The van der Waals surface area contributed by atoms with Gasteiger partial charge in [-0.05, 0) is 26.7 Å². The maximum atomic E-state index is 12.3. The van der Waals surface area contributed by atoms with Gasteiger partial charge in [-0.2, -0.15) is 0 Å². The van der Waals surface area contributed by atoms with Gasteiger partial charge in [-0.1, -0.05) is 6.92 Å². The molecule has 0 aromatic rings. The van der Waals surface area contributed by atoms with Crippen molar-refractivity contribution in [1.82, 2.24) is 0 Å². The van der Waals surface area contributed by atoms with E-state index < -0.39 is 45.5 Å². The molecule has 2 saturated heterocycles. The molecular formula is C15H20O6. The number of aliphatic hydroxyl groups excluding tert-OH is 1. The third kappa shape index (κ3) is 0.932. The minimum atomic E-state index is -1.25. The Morgan fingerprint density at radius 1 is 1.19 bits per heavy atom. The molecule has 0 aromatic carbocycles. The summed E-state index contributed by atoms with van der Waals surface area (Å²) in [5, 5.41) is 22.0. The molecule has 2 aliphatic heterocycles. The summed E-state index contributed by atoms with van der Waals surface area (Å²) in [6.07, 6.45) is -0.364. The molecule has 2 saturated carbocycles. The fourth-order valence-electron chi connectivity index (χ4n) is 5.90.